The molecule has 2 atom stereocenters. The van der Waals surface area contributed by atoms with Crippen LogP contribution in [-0.2, 0) is 22.6 Å². The summed E-state index contributed by atoms with van der Waals surface area (Å²) in [7, 11) is 0. The average molecular weight is 552 g/mol. The lowest BCUT2D eigenvalue weighted by atomic mass is 10.0. The summed E-state index contributed by atoms with van der Waals surface area (Å²) in [5.41, 5.74) is 4.19. The molecule has 5 nitrogen and oxygen atoms in total. The zero-order chi connectivity index (χ0) is 26.1. The lowest BCUT2D eigenvalue weighted by Gasteiger charge is -2.32. The van der Waals surface area contributed by atoms with Crippen LogP contribution in [0, 0.1) is 13.8 Å². The van der Waals surface area contributed by atoms with Gasteiger partial charge in [0.05, 0.1) is 0 Å². The van der Waals surface area contributed by atoms with Gasteiger partial charge in [-0.05, 0) is 73.7 Å². The van der Waals surface area contributed by atoms with Crippen LogP contribution in [0.2, 0.25) is 0 Å². The normalized spacial score (nSPS) is 12.5. The van der Waals surface area contributed by atoms with Crippen LogP contribution in [0.3, 0.4) is 0 Å². The molecule has 3 rings (SSSR count). The third-order valence-corrected chi connectivity index (χ3v) is 6.91. The molecule has 0 aliphatic heterocycles. The smallest absolute Gasteiger partial charge is 0.261 e. The molecule has 0 aliphatic rings. The van der Waals surface area contributed by atoms with Crippen molar-refractivity contribution in [1.82, 2.24) is 10.2 Å². The van der Waals surface area contributed by atoms with Gasteiger partial charge in [-0.15, -0.1) is 0 Å². The number of hydrogen-bond donors (Lipinski definition) is 1. The third kappa shape index (κ3) is 7.95. The molecular weight excluding hydrogens is 516 g/mol. The highest BCUT2D eigenvalue weighted by atomic mass is 79.9. The highest BCUT2D eigenvalue weighted by Gasteiger charge is 2.31. The van der Waals surface area contributed by atoms with Gasteiger partial charge in [0.25, 0.3) is 5.91 Å². The lowest BCUT2D eigenvalue weighted by molar-refractivity contribution is -0.143. The van der Waals surface area contributed by atoms with Crippen molar-refractivity contribution in [1.29, 1.82) is 0 Å². The molecule has 0 unspecified atom stereocenters. The van der Waals surface area contributed by atoms with Crippen molar-refractivity contribution in [2.75, 3.05) is 6.61 Å². The number of ether oxygens (including phenoxy) is 1. The van der Waals surface area contributed by atoms with E-state index < -0.39 is 6.04 Å². The summed E-state index contributed by atoms with van der Waals surface area (Å²) in [6.07, 6.45) is 1.22. The minimum atomic E-state index is -0.680. The van der Waals surface area contributed by atoms with Gasteiger partial charge in [0.2, 0.25) is 5.91 Å². The van der Waals surface area contributed by atoms with E-state index in [1.165, 1.54) is 0 Å². The van der Waals surface area contributed by atoms with E-state index in [0.29, 0.717) is 18.7 Å². The lowest BCUT2D eigenvalue weighted by Crippen LogP contribution is -2.53. The summed E-state index contributed by atoms with van der Waals surface area (Å²) >= 11 is 3.47. The maximum Gasteiger partial charge on any atom is 0.261 e. The van der Waals surface area contributed by atoms with Crippen molar-refractivity contribution in [3.8, 4) is 5.75 Å². The molecule has 0 fully saturated rings. The fourth-order valence-electron chi connectivity index (χ4n) is 3.81. The van der Waals surface area contributed by atoms with Crippen molar-refractivity contribution in [3.05, 3.63) is 99.5 Å². The zero-order valence-corrected chi connectivity index (χ0v) is 23.0. The fraction of sp³-hybridized carbons (Fsp3) is 0.333. The second-order valence-electron chi connectivity index (χ2n) is 9.21. The van der Waals surface area contributed by atoms with Gasteiger partial charge in [-0.3, -0.25) is 9.59 Å². The standard InChI is InChI=1S/C30H35BrN2O3/c1-5-23(4)32-30(35)28(18-24-9-7-6-8-10-24)33(19-25-12-14-26(31)15-13-25)29(34)20-36-27-16-11-21(2)22(3)17-27/h6-17,23,28H,5,18-20H2,1-4H3,(H,32,35)/t23-,28-/m0/s1. The summed E-state index contributed by atoms with van der Waals surface area (Å²) < 4.78 is 6.85. The molecule has 0 saturated heterocycles. The SMILES string of the molecule is CC[C@H](C)NC(=O)[C@H](Cc1ccccc1)N(Cc1ccc(Br)cc1)C(=O)COc1ccc(C)c(C)c1. The predicted molar refractivity (Wildman–Crippen MR) is 148 cm³/mol. The maximum atomic E-state index is 13.6. The van der Waals surface area contributed by atoms with Crippen LogP contribution in [-0.4, -0.2) is 35.4 Å². The van der Waals surface area contributed by atoms with Crippen molar-refractivity contribution in [3.63, 3.8) is 0 Å². The number of aryl methyl sites for hydroxylation is 2. The van der Waals surface area contributed by atoms with Crippen molar-refractivity contribution in [2.24, 2.45) is 0 Å². The number of carbonyl (C=O) groups is 2. The first-order valence-corrected chi connectivity index (χ1v) is 13.1. The first-order chi connectivity index (χ1) is 17.3. The van der Waals surface area contributed by atoms with Crippen molar-refractivity contribution in [2.45, 2.75) is 59.2 Å². The Morgan fingerprint density at radius 3 is 2.28 bits per heavy atom. The molecule has 0 aromatic heterocycles. The second kappa shape index (κ2) is 13.3. The number of benzene rings is 3. The van der Waals surface area contributed by atoms with Gasteiger partial charge in [0.15, 0.2) is 6.61 Å². The van der Waals surface area contributed by atoms with E-state index in [4.69, 9.17) is 4.74 Å². The van der Waals surface area contributed by atoms with Gasteiger partial charge in [0.1, 0.15) is 11.8 Å². The molecular formula is C30H35BrN2O3. The monoisotopic (exact) mass is 550 g/mol. The fourth-order valence-corrected chi connectivity index (χ4v) is 4.08. The second-order valence-corrected chi connectivity index (χ2v) is 10.1. The van der Waals surface area contributed by atoms with Gasteiger partial charge in [-0.25, -0.2) is 0 Å². The Morgan fingerprint density at radius 2 is 1.64 bits per heavy atom. The van der Waals surface area contributed by atoms with Crippen LogP contribution in [0.5, 0.6) is 5.75 Å². The molecule has 3 aromatic carbocycles. The van der Waals surface area contributed by atoms with E-state index >= 15 is 0 Å². The Labute approximate surface area is 223 Å². The van der Waals surface area contributed by atoms with E-state index in [1.54, 1.807) is 4.90 Å². The molecule has 2 amide bonds. The number of amides is 2. The van der Waals surface area contributed by atoms with Crippen LogP contribution in [0.1, 0.15) is 42.5 Å². The minimum absolute atomic E-state index is 0.00666. The van der Waals surface area contributed by atoms with Crippen LogP contribution in [0.4, 0.5) is 0 Å². The number of carbonyl (C=O) groups excluding carboxylic acids is 2. The highest BCUT2D eigenvalue weighted by molar-refractivity contribution is 9.10. The van der Waals surface area contributed by atoms with Gasteiger partial charge < -0.3 is 15.0 Å². The molecule has 36 heavy (non-hydrogen) atoms. The van der Waals surface area contributed by atoms with Gasteiger partial charge in [0, 0.05) is 23.5 Å². The molecule has 0 aliphatic carbocycles. The van der Waals surface area contributed by atoms with Crippen LogP contribution < -0.4 is 10.1 Å². The summed E-state index contributed by atoms with van der Waals surface area (Å²) in [5, 5.41) is 3.09. The maximum absolute atomic E-state index is 13.6. The van der Waals surface area contributed by atoms with E-state index in [1.807, 2.05) is 100 Å². The predicted octanol–water partition coefficient (Wildman–Crippen LogP) is 6.00. The molecule has 1 N–H and O–H groups in total. The molecule has 0 radical (unpaired) electrons. The number of rotatable bonds is 11. The Kier molecular flexibility index (Phi) is 10.1. The van der Waals surface area contributed by atoms with Gasteiger partial charge in [-0.1, -0.05) is 71.4 Å². The topological polar surface area (TPSA) is 58.6 Å². The number of hydrogen-bond acceptors (Lipinski definition) is 3. The van der Waals surface area contributed by atoms with Crippen molar-refractivity contribution >= 4 is 27.7 Å². The summed E-state index contributed by atoms with van der Waals surface area (Å²) in [5.74, 6) is 0.236. The summed E-state index contributed by atoms with van der Waals surface area (Å²) in [6.45, 7) is 8.20. The van der Waals surface area contributed by atoms with E-state index in [2.05, 4.69) is 21.2 Å². The Bertz CT molecular complexity index is 1150. The Balaban J connectivity index is 1.90. The van der Waals surface area contributed by atoms with Crippen LogP contribution in [0.15, 0.2) is 77.3 Å². The molecule has 6 heteroatoms. The minimum Gasteiger partial charge on any atom is -0.484 e. The van der Waals surface area contributed by atoms with E-state index in [9.17, 15) is 9.59 Å². The molecule has 3 aromatic rings. The molecule has 0 bridgehead atoms. The third-order valence-electron chi connectivity index (χ3n) is 6.38. The van der Waals surface area contributed by atoms with Crippen molar-refractivity contribution < 1.29 is 14.3 Å². The first kappa shape index (κ1) is 27.5. The van der Waals surface area contributed by atoms with Crippen LogP contribution in [0.25, 0.3) is 0 Å². The number of halogens is 1. The summed E-state index contributed by atoms with van der Waals surface area (Å²) in [6, 6.07) is 22.7. The Morgan fingerprint density at radius 1 is 0.944 bits per heavy atom. The quantitative estimate of drug-likeness (QED) is 0.318. The van der Waals surface area contributed by atoms with Gasteiger partial charge in [-0.2, -0.15) is 0 Å². The molecule has 0 heterocycles. The largest absolute Gasteiger partial charge is 0.484 e. The number of nitrogens with one attached hydrogen (secondary N) is 1. The zero-order valence-electron chi connectivity index (χ0n) is 21.5. The highest BCUT2D eigenvalue weighted by Crippen LogP contribution is 2.19. The van der Waals surface area contributed by atoms with Crippen LogP contribution >= 0.6 is 15.9 Å². The Hall–Kier alpha value is -3.12. The first-order valence-electron chi connectivity index (χ1n) is 12.3. The van der Waals surface area contributed by atoms with Gasteiger partial charge >= 0.3 is 0 Å². The number of nitrogens with zero attached hydrogens (tertiary/aromatic N) is 1. The molecule has 0 spiro atoms. The summed E-state index contributed by atoms with van der Waals surface area (Å²) in [4.78, 5) is 28.8. The molecule has 0 saturated carbocycles. The molecule has 190 valence electrons. The average Bonchev–Trinajstić information content (AvgIpc) is 2.88. The van der Waals surface area contributed by atoms with E-state index in [-0.39, 0.29) is 24.5 Å². The van der Waals surface area contributed by atoms with E-state index in [0.717, 1.165) is 33.1 Å².